The Bertz CT molecular complexity index is 238. The van der Waals surface area contributed by atoms with E-state index in [-0.39, 0.29) is 0 Å². The van der Waals surface area contributed by atoms with Gasteiger partial charge in [0.25, 0.3) is 0 Å². The lowest BCUT2D eigenvalue weighted by Crippen LogP contribution is -2.29. The zero-order valence-corrected chi connectivity index (χ0v) is 14.4. The van der Waals surface area contributed by atoms with Crippen LogP contribution >= 0.6 is 0 Å². The summed E-state index contributed by atoms with van der Waals surface area (Å²) in [7, 11) is 1.74. The fourth-order valence-electron chi connectivity index (χ4n) is 2.59. The average Bonchev–Trinajstić information content (AvgIpc) is 2.51. The third kappa shape index (κ3) is 15.6. The first-order valence-electron chi connectivity index (χ1n) is 8.93. The summed E-state index contributed by atoms with van der Waals surface area (Å²) in [5, 5.41) is 8.68. The number of unbranched alkanes of at least 4 members (excludes halogenated alkanes) is 9. The van der Waals surface area contributed by atoms with Crippen molar-refractivity contribution in [1.29, 1.82) is 5.26 Å². The highest BCUT2D eigenvalue weighted by molar-refractivity contribution is 4.72. The van der Waals surface area contributed by atoms with E-state index in [4.69, 9.17) is 10.00 Å². The Morgan fingerprint density at radius 2 is 1.38 bits per heavy atom. The fraction of sp³-hybridized carbons (Fsp3) is 0.944. The van der Waals surface area contributed by atoms with Gasteiger partial charge in [-0.3, -0.25) is 0 Å². The van der Waals surface area contributed by atoms with Gasteiger partial charge in [-0.15, -0.1) is 0 Å². The van der Waals surface area contributed by atoms with Gasteiger partial charge < -0.3 is 9.64 Å². The summed E-state index contributed by atoms with van der Waals surface area (Å²) >= 11 is 0. The number of nitriles is 1. The molecule has 0 aliphatic carbocycles. The van der Waals surface area contributed by atoms with Gasteiger partial charge in [0, 0.05) is 26.6 Å². The van der Waals surface area contributed by atoms with E-state index in [9.17, 15) is 0 Å². The van der Waals surface area contributed by atoms with Crippen LogP contribution in [0.3, 0.4) is 0 Å². The van der Waals surface area contributed by atoms with Crippen molar-refractivity contribution in [2.45, 2.75) is 77.6 Å². The van der Waals surface area contributed by atoms with Gasteiger partial charge >= 0.3 is 0 Å². The van der Waals surface area contributed by atoms with Gasteiger partial charge in [0.05, 0.1) is 12.7 Å². The molecule has 0 aromatic carbocycles. The number of ether oxygens (including phenoxy) is 1. The Morgan fingerprint density at radius 3 is 1.90 bits per heavy atom. The molecule has 0 aromatic heterocycles. The number of methoxy groups -OCH3 is 1. The Morgan fingerprint density at radius 1 is 0.810 bits per heavy atom. The van der Waals surface area contributed by atoms with E-state index in [1.807, 2.05) is 0 Å². The monoisotopic (exact) mass is 296 g/mol. The van der Waals surface area contributed by atoms with Crippen molar-refractivity contribution in [3.05, 3.63) is 0 Å². The second kappa shape index (κ2) is 17.5. The van der Waals surface area contributed by atoms with Crippen molar-refractivity contribution in [2.75, 3.05) is 33.4 Å². The zero-order valence-electron chi connectivity index (χ0n) is 14.4. The van der Waals surface area contributed by atoms with Gasteiger partial charge in [0.1, 0.15) is 0 Å². The van der Waals surface area contributed by atoms with E-state index in [1.165, 1.54) is 64.2 Å². The van der Waals surface area contributed by atoms with Crippen LogP contribution in [0.15, 0.2) is 0 Å². The topological polar surface area (TPSA) is 36.3 Å². The summed E-state index contributed by atoms with van der Waals surface area (Å²) in [6, 6.07) is 2.23. The SMILES string of the molecule is CCCCCCCCCCCCN(CCC#N)CCOC. The number of hydrogen-bond acceptors (Lipinski definition) is 3. The molecule has 0 heterocycles. The Balaban J connectivity index is 3.38. The van der Waals surface area contributed by atoms with Gasteiger partial charge in [-0.05, 0) is 13.0 Å². The summed E-state index contributed by atoms with van der Waals surface area (Å²) in [6.45, 7) is 5.99. The molecule has 0 bridgehead atoms. The Hall–Kier alpha value is -0.590. The molecule has 0 unspecified atom stereocenters. The van der Waals surface area contributed by atoms with E-state index < -0.39 is 0 Å². The molecule has 3 heteroatoms. The first kappa shape index (κ1) is 20.4. The van der Waals surface area contributed by atoms with Crippen LogP contribution in [0, 0.1) is 11.3 Å². The van der Waals surface area contributed by atoms with Crippen LogP contribution < -0.4 is 0 Å². The molecular formula is C18H36N2O. The summed E-state index contributed by atoms with van der Waals surface area (Å²) in [4.78, 5) is 2.36. The zero-order chi connectivity index (χ0) is 15.6. The van der Waals surface area contributed by atoms with Gasteiger partial charge in [-0.25, -0.2) is 0 Å². The van der Waals surface area contributed by atoms with E-state index in [0.29, 0.717) is 6.42 Å². The second-order valence-electron chi connectivity index (χ2n) is 5.92. The fourth-order valence-corrected chi connectivity index (χ4v) is 2.59. The lowest BCUT2D eigenvalue weighted by molar-refractivity contribution is 0.147. The average molecular weight is 296 g/mol. The quantitative estimate of drug-likeness (QED) is 0.385. The van der Waals surface area contributed by atoms with Crippen molar-refractivity contribution < 1.29 is 4.74 Å². The predicted molar refractivity (Wildman–Crippen MR) is 90.4 cm³/mol. The van der Waals surface area contributed by atoms with Crippen LogP contribution in [0.25, 0.3) is 0 Å². The molecule has 21 heavy (non-hydrogen) atoms. The van der Waals surface area contributed by atoms with Gasteiger partial charge in [-0.1, -0.05) is 64.7 Å². The maximum Gasteiger partial charge on any atom is 0.0635 e. The van der Waals surface area contributed by atoms with E-state index in [1.54, 1.807) is 7.11 Å². The third-order valence-corrected chi connectivity index (χ3v) is 3.98. The van der Waals surface area contributed by atoms with Crippen molar-refractivity contribution in [1.82, 2.24) is 4.90 Å². The molecular weight excluding hydrogens is 260 g/mol. The first-order chi connectivity index (χ1) is 10.3. The predicted octanol–water partition coefficient (Wildman–Crippen LogP) is 4.77. The molecule has 3 nitrogen and oxygen atoms in total. The van der Waals surface area contributed by atoms with Crippen LogP contribution in [0.1, 0.15) is 77.6 Å². The van der Waals surface area contributed by atoms with Crippen LogP contribution in [0.5, 0.6) is 0 Å². The van der Waals surface area contributed by atoms with Gasteiger partial charge in [0.15, 0.2) is 0 Å². The van der Waals surface area contributed by atoms with Crippen molar-refractivity contribution in [3.8, 4) is 6.07 Å². The van der Waals surface area contributed by atoms with Crippen molar-refractivity contribution in [3.63, 3.8) is 0 Å². The molecule has 0 amide bonds. The molecule has 0 aliphatic heterocycles. The smallest absolute Gasteiger partial charge is 0.0635 e. The normalized spacial score (nSPS) is 11.0. The Kier molecular flexibility index (Phi) is 17.0. The number of nitrogens with zero attached hydrogens (tertiary/aromatic N) is 2. The van der Waals surface area contributed by atoms with Gasteiger partial charge in [0.2, 0.25) is 0 Å². The van der Waals surface area contributed by atoms with E-state index in [0.717, 1.165) is 26.2 Å². The molecule has 0 aliphatic rings. The molecule has 124 valence electrons. The molecule has 0 saturated heterocycles. The molecule has 0 atom stereocenters. The van der Waals surface area contributed by atoms with E-state index in [2.05, 4.69) is 17.9 Å². The third-order valence-electron chi connectivity index (χ3n) is 3.98. The summed E-state index contributed by atoms with van der Waals surface area (Å²) in [5.74, 6) is 0. The highest BCUT2D eigenvalue weighted by atomic mass is 16.5. The maximum atomic E-state index is 8.68. The van der Waals surface area contributed by atoms with Crippen LogP contribution in [0.4, 0.5) is 0 Å². The van der Waals surface area contributed by atoms with Crippen LogP contribution in [-0.4, -0.2) is 38.3 Å². The van der Waals surface area contributed by atoms with Crippen molar-refractivity contribution in [2.24, 2.45) is 0 Å². The minimum atomic E-state index is 0.626. The number of rotatable bonds is 16. The lowest BCUT2D eigenvalue weighted by Gasteiger charge is -2.20. The highest BCUT2D eigenvalue weighted by Gasteiger charge is 2.03. The number of hydrogen-bond donors (Lipinski definition) is 0. The van der Waals surface area contributed by atoms with Crippen LogP contribution in [-0.2, 0) is 4.74 Å². The lowest BCUT2D eigenvalue weighted by atomic mass is 10.1. The molecule has 0 spiro atoms. The first-order valence-corrected chi connectivity index (χ1v) is 8.93. The summed E-state index contributed by atoms with van der Waals surface area (Å²) < 4.78 is 5.13. The van der Waals surface area contributed by atoms with E-state index >= 15 is 0 Å². The summed E-state index contributed by atoms with van der Waals surface area (Å²) in [6.07, 6.45) is 14.4. The molecule has 0 rings (SSSR count). The molecule has 0 radical (unpaired) electrons. The largest absolute Gasteiger partial charge is 0.383 e. The minimum absolute atomic E-state index is 0.626. The minimum Gasteiger partial charge on any atom is -0.383 e. The van der Waals surface area contributed by atoms with Crippen LogP contribution in [0.2, 0.25) is 0 Å². The summed E-state index contributed by atoms with van der Waals surface area (Å²) in [5.41, 5.74) is 0. The molecule has 0 fully saturated rings. The maximum absolute atomic E-state index is 8.68. The molecule has 0 aromatic rings. The van der Waals surface area contributed by atoms with Crippen molar-refractivity contribution >= 4 is 0 Å². The van der Waals surface area contributed by atoms with Gasteiger partial charge in [-0.2, -0.15) is 5.26 Å². The highest BCUT2D eigenvalue weighted by Crippen LogP contribution is 2.10. The standard InChI is InChI=1S/C18H36N2O/c1-3-4-5-6-7-8-9-10-11-12-15-20(16-13-14-19)17-18-21-2/h3-13,15-18H2,1-2H3. The molecule has 0 saturated carbocycles. The molecule has 0 N–H and O–H groups in total. The second-order valence-corrected chi connectivity index (χ2v) is 5.92. The Labute approximate surface area is 132 Å².